The number of rotatable bonds is 6. The molecule has 8 heteroatoms. The molecule has 7 nitrogen and oxygen atoms in total. The monoisotopic (exact) mass is 413 g/mol. The molecular formula is C21H23N3O4S. The number of amides is 3. The fourth-order valence-corrected chi connectivity index (χ4v) is 3.68. The van der Waals surface area contributed by atoms with E-state index in [0.29, 0.717) is 23.7 Å². The Labute approximate surface area is 173 Å². The van der Waals surface area contributed by atoms with Gasteiger partial charge in [0.25, 0.3) is 0 Å². The normalized spacial score (nSPS) is 13.1. The van der Waals surface area contributed by atoms with E-state index in [1.807, 2.05) is 38.1 Å². The molecule has 2 aromatic carbocycles. The molecule has 0 aromatic heterocycles. The molecule has 3 amide bonds. The molecule has 0 radical (unpaired) electrons. The molecule has 152 valence electrons. The second-order valence-electron chi connectivity index (χ2n) is 6.98. The van der Waals surface area contributed by atoms with Crippen LogP contribution in [0.4, 0.5) is 21.9 Å². The Morgan fingerprint density at radius 3 is 2.59 bits per heavy atom. The zero-order valence-corrected chi connectivity index (χ0v) is 17.1. The number of benzene rings is 2. The molecule has 0 unspecified atom stereocenters. The summed E-state index contributed by atoms with van der Waals surface area (Å²) in [5, 5.41) is 5.41. The number of ether oxygens (including phenoxy) is 1. The van der Waals surface area contributed by atoms with Crippen molar-refractivity contribution in [2.24, 2.45) is 5.92 Å². The molecule has 1 aliphatic heterocycles. The van der Waals surface area contributed by atoms with Gasteiger partial charge in [-0.1, -0.05) is 32.0 Å². The number of anilines is 3. The molecule has 0 aliphatic carbocycles. The van der Waals surface area contributed by atoms with Gasteiger partial charge in [0, 0.05) is 16.3 Å². The van der Waals surface area contributed by atoms with E-state index in [0.717, 1.165) is 10.6 Å². The Morgan fingerprint density at radius 2 is 1.83 bits per heavy atom. The summed E-state index contributed by atoms with van der Waals surface area (Å²) in [5.41, 5.74) is 1.77. The highest BCUT2D eigenvalue weighted by atomic mass is 32.2. The standard InChI is InChI=1S/C21H23N3O4S/c1-14(2)12-28-21(27)23-16-7-5-6-15(10-16)22-19(25)11-24-17-8-3-4-9-18(17)29-13-20(24)26/h3-10,14H,11-13H2,1-2H3,(H,22,25)(H,23,27). The van der Waals surface area contributed by atoms with Crippen molar-refractivity contribution in [3.63, 3.8) is 0 Å². The van der Waals surface area contributed by atoms with E-state index >= 15 is 0 Å². The lowest BCUT2D eigenvalue weighted by Gasteiger charge is -2.28. The van der Waals surface area contributed by atoms with Gasteiger partial charge in [0.05, 0.1) is 18.0 Å². The van der Waals surface area contributed by atoms with Crippen LogP contribution < -0.4 is 15.5 Å². The lowest BCUT2D eigenvalue weighted by molar-refractivity contribution is -0.120. The van der Waals surface area contributed by atoms with Crippen LogP contribution in [0.15, 0.2) is 53.4 Å². The lowest BCUT2D eigenvalue weighted by atomic mass is 10.2. The third-order valence-electron chi connectivity index (χ3n) is 4.05. The van der Waals surface area contributed by atoms with Crippen molar-refractivity contribution in [1.82, 2.24) is 0 Å². The maximum atomic E-state index is 12.5. The smallest absolute Gasteiger partial charge is 0.411 e. The number of hydrogen-bond acceptors (Lipinski definition) is 5. The summed E-state index contributed by atoms with van der Waals surface area (Å²) in [4.78, 5) is 39.1. The van der Waals surface area contributed by atoms with Crippen molar-refractivity contribution in [1.29, 1.82) is 0 Å². The van der Waals surface area contributed by atoms with Crippen LogP contribution in [0.25, 0.3) is 0 Å². The zero-order chi connectivity index (χ0) is 20.8. The molecule has 1 aliphatic rings. The van der Waals surface area contributed by atoms with Gasteiger partial charge < -0.3 is 15.0 Å². The average molecular weight is 413 g/mol. The van der Waals surface area contributed by atoms with Crippen LogP contribution in [0, 0.1) is 5.92 Å². The highest BCUT2D eigenvalue weighted by Gasteiger charge is 2.26. The van der Waals surface area contributed by atoms with Crippen LogP contribution in [-0.2, 0) is 14.3 Å². The van der Waals surface area contributed by atoms with Gasteiger partial charge in [-0.05, 0) is 36.2 Å². The van der Waals surface area contributed by atoms with Crippen LogP contribution in [0.2, 0.25) is 0 Å². The molecule has 0 saturated carbocycles. The van der Waals surface area contributed by atoms with Gasteiger partial charge >= 0.3 is 6.09 Å². The van der Waals surface area contributed by atoms with E-state index < -0.39 is 6.09 Å². The van der Waals surface area contributed by atoms with Crippen molar-refractivity contribution in [2.75, 3.05) is 34.4 Å². The molecule has 2 aromatic rings. The van der Waals surface area contributed by atoms with Crippen LogP contribution in [0.5, 0.6) is 0 Å². The third kappa shape index (κ3) is 5.74. The first kappa shape index (κ1) is 20.7. The Balaban J connectivity index is 1.61. The van der Waals surface area contributed by atoms with Gasteiger partial charge in [-0.3, -0.25) is 14.9 Å². The Kier molecular flexibility index (Phi) is 6.77. The Bertz CT molecular complexity index is 916. The predicted octanol–water partition coefficient (Wildman–Crippen LogP) is 3.97. The first-order valence-electron chi connectivity index (χ1n) is 9.28. The van der Waals surface area contributed by atoms with Crippen molar-refractivity contribution in [3.8, 4) is 0 Å². The van der Waals surface area contributed by atoms with Gasteiger partial charge in [-0.15, -0.1) is 11.8 Å². The molecule has 2 N–H and O–H groups in total. The number of nitrogens with one attached hydrogen (secondary N) is 2. The molecule has 0 atom stereocenters. The van der Waals surface area contributed by atoms with E-state index in [-0.39, 0.29) is 24.3 Å². The van der Waals surface area contributed by atoms with E-state index in [9.17, 15) is 14.4 Å². The average Bonchev–Trinajstić information content (AvgIpc) is 2.69. The minimum absolute atomic E-state index is 0.0789. The fourth-order valence-electron chi connectivity index (χ4n) is 2.74. The lowest BCUT2D eigenvalue weighted by Crippen LogP contribution is -2.41. The molecule has 0 fully saturated rings. The molecule has 3 rings (SSSR count). The first-order valence-corrected chi connectivity index (χ1v) is 10.3. The molecule has 0 bridgehead atoms. The highest BCUT2D eigenvalue weighted by molar-refractivity contribution is 8.00. The van der Waals surface area contributed by atoms with Gasteiger partial charge in [0.2, 0.25) is 11.8 Å². The zero-order valence-electron chi connectivity index (χ0n) is 16.3. The van der Waals surface area contributed by atoms with E-state index in [2.05, 4.69) is 10.6 Å². The van der Waals surface area contributed by atoms with Crippen molar-refractivity contribution < 1.29 is 19.1 Å². The van der Waals surface area contributed by atoms with Gasteiger partial charge in [0.15, 0.2) is 0 Å². The fraction of sp³-hybridized carbons (Fsp3) is 0.286. The van der Waals surface area contributed by atoms with Gasteiger partial charge in [-0.2, -0.15) is 0 Å². The number of nitrogens with zero attached hydrogens (tertiary/aromatic N) is 1. The summed E-state index contributed by atoms with van der Waals surface area (Å²) >= 11 is 1.47. The SMILES string of the molecule is CC(C)COC(=O)Nc1cccc(NC(=O)CN2C(=O)CSc3ccccc32)c1. The number of carbonyl (C=O) groups is 3. The predicted molar refractivity (Wildman–Crippen MR) is 114 cm³/mol. The molecule has 29 heavy (non-hydrogen) atoms. The second-order valence-corrected chi connectivity index (χ2v) is 8.00. The topological polar surface area (TPSA) is 87.7 Å². The van der Waals surface area contributed by atoms with Crippen molar-refractivity contribution >= 4 is 46.7 Å². The summed E-state index contributed by atoms with van der Waals surface area (Å²) in [6.07, 6.45) is -0.546. The quantitative estimate of drug-likeness (QED) is 0.748. The number of thioether (sulfide) groups is 1. The number of carbonyl (C=O) groups excluding carboxylic acids is 3. The maximum Gasteiger partial charge on any atom is 0.411 e. The van der Waals surface area contributed by atoms with Gasteiger partial charge in [0.1, 0.15) is 6.54 Å². The van der Waals surface area contributed by atoms with Gasteiger partial charge in [-0.25, -0.2) is 4.79 Å². The maximum absolute atomic E-state index is 12.5. The largest absolute Gasteiger partial charge is 0.449 e. The Morgan fingerprint density at radius 1 is 1.10 bits per heavy atom. The van der Waals surface area contributed by atoms with Crippen LogP contribution in [0.1, 0.15) is 13.8 Å². The highest BCUT2D eigenvalue weighted by Crippen LogP contribution is 2.34. The van der Waals surface area contributed by atoms with Crippen molar-refractivity contribution in [2.45, 2.75) is 18.7 Å². The second kappa shape index (κ2) is 9.47. The summed E-state index contributed by atoms with van der Waals surface area (Å²) < 4.78 is 5.09. The summed E-state index contributed by atoms with van der Waals surface area (Å²) in [5.74, 6) is 0.126. The van der Waals surface area contributed by atoms with Crippen LogP contribution in [0.3, 0.4) is 0 Å². The molecular weight excluding hydrogens is 390 g/mol. The number of para-hydroxylation sites is 1. The number of hydrogen-bond donors (Lipinski definition) is 2. The van der Waals surface area contributed by atoms with E-state index in [1.165, 1.54) is 16.7 Å². The van der Waals surface area contributed by atoms with E-state index in [1.54, 1.807) is 24.3 Å². The summed E-state index contributed by atoms with van der Waals surface area (Å²) in [6, 6.07) is 14.3. The first-order chi connectivity index (χ1) is 13.9. The molecule has 0 saturated heterocycles. The molecule has 1 heterocycles. The minimum atomic E-state index is -0.546. The van der Waals surface area contributed by atoms with Crippen LogP contribution >= 0.6 is 11.8 Å². The third-order valence-corrected chi connectivity index (χ3v) is 5.10. The Hall–Kier alpha value is -3.00. The minimum Gasteiger partial charge on any atom is -0.449 e. The van der Waals surface area contributed by atoms with Crippen LogP contribution in [-0.4, -0.2) is 36.8 Å². The summed E-state index contributed by atoms with van der Waals surface area (Å²) in [7, 11) is 0. The molecule has 0 spiro atoms. The number of fused-ring (bicyclic) bond motifs is 1. The van der Waals surface area contributed by atoms with E-state index in [4.69, 9.17) is 4.74 Å². The van der Waals surface area contributed by atoms with Crippen molar-refractivity contribution in [3.05, 3.63) is 48.5 Å². The summed E-state index contributed by atoms with van der Waals surface area (Å²) in [6.45, 7) is 4.15.